The fourth-order valence-corrected chi connectivity index (χ4v) is 2.67. The minimum atomic E-state index is -0.396. The van der Waals surface area contributed by atoms with Crippen molar-refractivity contribution in [2.24, 2.45) is 5.73 Å². The molecule has 0 aliphatic carbocycles. The fourth-order valence-electron chi connectivity index (χ4n) is 2.23. The van der Waals surface area contributed by atoms with E-state index in [9.17, 15) is 4.79 Å². The second-order valence-corrected chi connectivity index (χ2v) is 5.42. The van der Waals surface area contributed by atoms with Gasteiger partial charge in [0.25, 0.3) is 0 Å². The van der Waals surface area contributed by atoms with Crippen molar-refractivity contribution in [1.29, 1.82) is 0 Å². The van der Waals surface area contributed by atoms with Gasteiger partial charge in [0.1, 0.15) is 5.75 Å². The van der Waals surface area contributed by atoms with E-state index < -0.39 is 5.91 Å². The number of benzene rings is 2. The molecule has 0 saturated carbocycles. The number of carbonyl (C=O) groups excluding carboxylic acids is 1. The molecule has 1 amide bonds. The summed E-state index contributed by atoms with van der Waals surface area (Å²) in [6, 6.07) is 12.8. The van der Waals surface area contributed by atoms with Gasteiger partial charge < -0.3 is 10.5 Å². The molecular formula is C16H15Cl2NO2. The molecule has 2 N–H and O–H groups in total. The Balaban J connectivity index is 2.46. The molecule has 21 heavy (non-hydrogen) atoms. The van der Waals surface area contributed by atoms with Gasteiger partial charge in [-0.05, 0) is 29.3 Å². The maximum absolute atomic E-state index is 11.4. The molecule has 0 heterocycles. The van der Waals surface area contributed by atoms with Gasteiger partial charge in [0.05, 0.1) is 17.2 Å². The lowest BCUT2D eigenvalue weighted by molar-refractivity contribution is -0.118. The molecule has 0 aliphatic rings. The zero-order chi connectivity index (χ0) is 15.4. The van der Waals surface area contributed by atoms with Crippen LogP contribution in [0, 0.1) is 0 Å². The van der Waals surface area contributed by atoms with Crippen molar-refractivity contribution in [3.05, 3.63) is 63.6 Å². The summed E-state index contributed by atoms with van der Waals surface area (Å²) < 4.78 is 5.14. The minimum absolute atomic E-state index is 0.159. The van der Waals surface area contributed by atoms with Crippen LogP contribution in [0.1, 0.15) is 23.5 Å². The highest BCUT2D eigenvalue weighted by molar-refractivity contribution is 6.42. The number of nitrogens with two attached hydrogens (primary N) is 1. The van der Waals surface area contributed by atoms with E-state index in [-0.39, 0.29) is 12.3 Å². The van der Waals surface area contributed by atoms with Gasteiger partial charge >= 0.3 is 0 Å². The van der Waals surface area contributed by atoms with E-state index in [1.54, 1.807) is 19.2 Å². The molecular weight excluding hydrogens is 309 g/mol. The van der Waals surface area contributed by atoms with Gasteiger partial charge in [0, 0.05) is 12.3 Å². The van der Waals surface area contributed by atoms with Crippen molar-refractivity contribution in [2.75, 3.05) is 7.11 Å². The Morgan fingerprint density at radius 1 is 1.19 bits per heavy atom. The maximum Gasteiger partial charge on any atom is 0.218 e. The Morgan fingerprint density at radius 2 is 1.86 bits per heavy atom. The van der Waals surface area contributed by atoms with Crippen molar-refractivity contribution in [2.45, 2.75) is 12.3 Å². The van der Waals surface area contributed by atoms with Crippen LogP contribution >= 0.6 is 23.2 Å². The van der Waals surface area contributed by atoms with Gasteiger partial charge in [-0.15, -0.1) is 0 Å². The van der Waals surface area contributed by atoms with E-state index in [0.717, 1.165) is 16.9 Å². The summed E-state index contributed by atoms with van der Waals surface area (Å²) in [6.07, 6.45) is 0.159. The lowest BCUT2D eigenvalue weighted by Gasteiger charge is -2.18. The number of rotatable bonds is 5. The average Bonchev–Trinajstić information content (AvgIpc) is 2.48. The first-order chi connectivity index (χ1) is 10.0. The van der Waals surface area contributed by atoms with Gasteiger partial charge in [-0.2, -0.15) is 0 Å². The summed E-state index contributed by atoms with van der Waals surface area (Å²) in [5.41, 5.74) is 7.09. The van der Waals surface area contributed by atoms with Crippen molar-refractivity contribution < 1.29 is 9.53 Å². The lowest BCUT2D eigenvalue weighted by atomic mass is 9.88. The van der Waals surface area contributed by atoms with Crippen LogP contribution in [-0.4, -0.2) is 13.0 Å². The van der Waals surface area contributed by atoms with Crippen molar-refractivity contribution in [3.8, 4) is 5.75 Å². The van der Waals surface area contributed by atoms with Crippen molar-refractivity contribution >= 4 is 29.1 Å². The molecule has 1 atom stereocenters. The van der Waals surface area contributed by atoms with Gasteiger partial charge in [-0.3, -0.25) is 4.79 Å². The molecule has 0 aromatic heterocycles. The first-order valence-corrected chi connectivity index (χ1v) is 7.14. The monoisotopic (exact) mass is 323 g/mol. The third kappa shape index (κ3) is 3.69. The van der Waals surface area contributed by atoms with Gasteiger partial charge in [-0.25, -0.2) is 0 Å². The molecule has 0 fully saturated rings. The summed E-state index contributed by atoms with van der Waals surface area (Å²) in [5.74, 6) is 0.111. The predicted molar refractivity (Wildman–Crippen MR) is 85.1 cm³/mol. The molecule has 1 unspecified atom stereocenters. The highest BCUT2D eigenvalue weighted by atomic mass is 35.5. The molecule has 5 heteroatoms. The molecule has 110 valence electrons. The van der Waals surface area contributed by atoms with E-state index in [2.05, 4.69) is 0 Å². The molecule has 0 spiro atoms. The zero-order valence-electron chi connectivity index (χ0n) is 11.5. The van der Waals surface area contributed by atoms with Crippen molar-refractivity contribution in [3.63, 3.8) is 0 Å². The molecule has 3 nitrogen and oxygen atoms in total. The van der Waals surface area contributed by atoms with E-state index in [4.69, 9.17) is 33.7 Å². The Labute approximate surface area is 133 Å². The second kappa shape index (κ2) is 6.83. The average molecular weight is 324 g/mol. The Kier molecular flexibility index (Phi) is 5.10. The van der Waals surface area contributed by atoms with E-state index in [1.165, 1.54) is 0 Å². The number of carbonyl (C=O) groups is 1. The van der Waals surface area contributed by atoms with Crippen LogP contribution in [0.3, 0.4) is 0 Å². The maximum atomic E-state index is 11.4. The third-order valence-electron chi connectivity index (χ3n) is 3.28. The van der Waals surface area contributed by atoms with Crippen LogP contribution in [0.2, 0.25) is 10.0 Å². The van der Waals surface area contributed by atoms with E-state index in [1.807, 2.05) is 30.3 Å². The number of hydrogen-bond donors (Lipinski definition) is 1. The molecule has 0 radical (unpaired) electrons. The Hall–Kier alpha value is -1.71. The largest absolute Gasteiger partial charge is 0.497 e. The Morgan fingerprint density at radius 3 is 2.43 bits per heavy atom. The second-order valence-electron chi connectivity index (χ2n) is 4.64. The number of ether oxygens (including phenoxy) is 1. The highest BCUT2D eigenvalue weighted by Crippen LogP contribution is 2.36. The normalized spacial score (nSPS) is 12.0. The highest BCUT2D eigenvalue weighted by Gasteiger charge is 2.20. The van der Waals surface area contributed by atoms with Gasteiger partial charge in [-0.1, -0.05) is 47.5 Å². The summed E-state index contributed by atoms with van der Waals surface area (Å²) in [5, 5.41) is 0.901. The molecule has 0 aliphatic heterocycles. The van der Waals surface area contributed by atoms with E-state index in [0.29, 0.717) is 10.0 Å². The zero-order valence-corrected chi connectivity index (χ0v) is 13.0. The van der Waals surface area contributed by atoms with Crippen LogP contribution in [0.15, 0.2) is 42.5 Å². The summed E-state index contributed by atoms with van der Waals surface area (Å²) in [4.78, 5) is 11.4. The van der Waals surface area contributed by atoms with Crippen molar-refractivity contribution in [1.82, 2.24) is 0 Å². The Bertz CT molecular complexity index is 641. The van der Waals surface area contributed by atoms with Crippen LogP contribution in [0.4, 0.5) is 0 Å². The standard InChI is InChI=1S/C16H15Cl2NO2/c1-21-11-7-5-10(6-8-11)13(9-15(19)20)12-3-2-4-14(17)16(12)18/h2-8,13H,9H2,1H3,(H2,19,20). The van der Waals surface area contributed by atoms with Crippen LogP contribution in [0.5, 0.6) is 5.75 Å². The molecule has 2 aromatic rings. The predicted octanol–water partition coefficient (Wildman–Crippen LogP) is 4.01. The smallest absolute Gasteiger partial charge is 0.218 e. The topological polar surface area (TPSA) is 52.3 Å². The summed E-state index contributed by atoms with van der Waals surface area (Å²) in [6.45, 7) is 0. The van der Waals surface area contributed by atoms with Crippen LogP contribution in [-0.2, 0) is 4.79 Å². The first-order valence-electron chi connectivity index (χ1n) is 6.39. The molecule has 2 aromatic carbocycles. The number of halogens is 2. The molecule has 2 rings (SSSR count). The first kappa shape index (κ1) is 15.7. The number of primary amides is 1. The minimum Gasteiger partial charge on any atom is -0.497 e. The SMILES string of the molecule is COc1ccc(C(CC(N)=O)c2cccc(Cl)c2Cl)cc1. The summed E-state index contributed by atoms with van der Waals surface area (Å²) >= 11 is 12.3. The van der Waals surface area contributed by atoms with Gasteiger partial charge in [0.2, 0.25) is 5.91 Å². The van der Waals surface area contributed by atoms with Gasteiger partial charge in [0.15, 0.2) is 0 Å². The van der Waals surface area contributed by atoms with Crippen LogP contribution < -0.4 is 10.5 Å². The third-order valence-corrected chi connectivity index (χ3v) is 4.11. The number of hydrogen-bond acceptors (Lipinski definition) is 2. The van der Waals surface area contributed by atoms with E-state index >= 15 is 0 Å². The molecule has 0 saturated heterocycles. The van der Waals surface area contributed by atoms with Crippen LogP contribution in [0.25, 0.3) is 0 Å². The number of amides is 1. The lowest BCUT2D eigenvalue weighted by Crippen LogP contribution is -2.16. The number of methoxy groups -OCH3 is 1. The molecule has 0 bridgehead atoms. The summed E-state index contributed by atoms with van der Waals surface area (Å²) in [7, 11) is 1.60. The fraction of sp³-hybridized carbons (Fsp3) is 0.188. The quantitative estimate of drug-likeness (QED) is 0.903.